The maximum atomic E-state index is 12.9. The fourth-order valence-electron chi connectivity index (χ4n) is 3.45. The molecule has 0 radical (unpaired) electrons. The number of methoxy groups -OCH3 is 1. The molecule has 0 spiro atoms. The predicted octanol–water partition coefficient (Wildman–Crippen LogP) is 3.12. The van der Waals surface area contributed by atoms with Crippen molar-refractivity contribution in [2.24, 2.45) is 5.92 Å². The number of furan rings is 1. The molecule has 0 saturated heterocycles. The summed E-state index contributed by atoms with van der Waals surface area (Å²) >= 11 is 7.31. The number of rotatable bonds is 9. The SMILES string of the molecule is CCOc1ccc([C@@H]2C(C#N)=C(SCC(=O)NCc3ccco3)NC(=O)[C@@H]2C(=O)OC)cc1Cl. The van der Waals surface area contributed by atoms with E-state index in [1.54, 1.807) is 30.3 Å². The number of halogens is 1. The van der Waals surface area contributed by atoms with Crippen LogP contribution in [-0.2, 0) is 25.7 Å². The van der Waals surface area contributed by atoms with Gasteiger partial charge in [-0.3, -0.25) is 14.4 Å². The van der Waals surface area contributed by atoms with Crippen LogP contribution in [0.25, 0.3) is 0 Å². The van der Waals surface area contributed by atoms with Gasteiger partial charge in [-0.1, -0.05) is 29.4 Å². The van der Waals surface area contributed by atoms with Crippen LogP contribution in [0.15, 0.2) is 51.6 Å². The van der Waals surface area contributed by atoms with Gasteiger partial charge in [0.25, 0.3) is 0 Å². The number of thioether (sulfide) groups is 1. The Morgan fingerprint density at radius 3 is 2.76 bits per heavy atom. The number of allylic oxidation sites excluding steroid dienone is 1. The Morgan fingerprint density at radius 2 is 2.15 bits per heavy atom. The second kappa shape index (κ2) is 11.6. The van der Waals surface area contributed by atoms with Crippen LogP contribution in [0.3, 0.4) is 0 Å². The monoisotopic (exact) mass is 503 g/mol. The summed E-state index contributed by atoms with van der Waals surface area (Å²) in [5, 5.41) is 15.7. The van der Waals surface area contributed by atoms with Crippen molar-refractivity contribution >= 4 is 41.1 Å². The fraction of sp³-hybridized carbons (Fsp3) is 0.304. The number of benzene rings is 1. The highest BCUT2D eigenvalue weighted by molar-refractivity contribution is 8.03. The summed E-state index contributed by atoms with van der Waals surface area (Å²) in [6, 6.07) is 10.3. The van der Waals surface area contributed by atoms with Gasteiger partial charge in [0.1, 0.15) is 17.4 Å². The standard InChI is InChI=1S/C23H22ClN3O6S/c1-3-32-17-7-6-13(9-16(17)24)19-15(10-25)22(27-21(29)20(19)23(30)31-2)34-12-18(28)26-11-14-5-4-8-33-14/h4-9,19-20H,3,11-12H2,1-2H3,(H,26,28)(H,27,29)/t19-,20-/m1/s1. The number of ether oxygens (including phenoxy) is 2. The quantitative estimate of drug-likeness (QED) is 0.394. The van der Waals surface area contributed by atoms with Gasteiger partial charge in [0.05, 0.1) is 54.0 Å². The summed E-state index contributed by atoms with van der Waals surface area (Å²) in [6.07, 6.45) is 1.50. The van der Waals surface area contributed by atoms with Gasteiger partial charge in [0.15, 0.2) is 0 Å². The van der Waals surface area contributed by atoms with Crippen molar-refractivity contribution in [3.05, 3.63) is 63.5 Å². The minimum Gasteiger partial charge on any atom is -0.492 e. The van der Waals surface area contributed by atoms with Crippen molar-refractivity contribution in [2.75, 3.05) is 19.5 Å². The molecule has 3 rings (SSSR count). The maximum Gasteiger partial charge on any atom is 0.319 e. The summed E-state index contributed by atoms with van der Waals surface area (Å²) in [5.41, 5.74) is 0.592. The summed E-state index contributed by atoms with van der Waals surface area (Å²) in [4.78, 5) is 37.7. The van der Waals surface area contributed by atoms with Crippen molar-refractivity contribution in [1.29, 1.82) is 5.26 Å². The molecular formula is C23H22ClN3O6S. The topological polar surface area (TPSA) is 131 Å². The van der Waals surface area contributed by atoms with Crippen molar-refractivity contribution < 1.29 is 28.3 Å². The average Bonchev–Trinajstić information content (AvgIpc) is 3.35. The molecule has 0 aliphatic carbocycles. The lowest BCUT2D eigenvalue weighted by molar-refractivity contribution is -0.150. The maximum absolute atomic E-state index is 12.9. The number of nitriles is 1. The number of hydrogen-bond donors (Lipinski definition) is 2. The Morgan fingerprint density at radius 1 is 1.35 bits per heavy atom. The Hall–Kier alpha value is -3.42. The van der Waals surface area contributed by atoms with Crippen LogP contribution in [-0.4, -0.2) is 37.3 Å². The largest absolute Gasteiger partial charge is 0.492 e. The summed E-state index contributed by atoms with van der Waals surface area (Å²) in [6.45, 7) is 2.43. The van der Waals surface area contributed by atoms with E-state index in [4.69, 9.17) is 25.5 Å². The molecule has 11 heteroatoms. The Bertz CT molecular complexity index is 1140. The van der Waals surface area contributed by atoms with E-state index in [0.717, 1.165) is 11.8 Å². The zero-order chi connectivity index (χ0) is 24.7. The van der Waals surface area contributed by atoms with Crippen molar-refractivity contribution in [3.8, 4) is 11.8 Å². The van der Waals surface area contributed by atoms with E-state index >= 15 is 0 Å². The molecule has 9 nitrogen and oxygen atoms in total. The minimum atomic E-state index is -1.30. The van der Waals surface area contributed by atoms with E-state index in [9.17, 15) is 19.6 Å². The predicted molar refractivity (Wildman–Crippen MR) is 125 cm³/mol. The normalized spacial score (nSPS) is 17.5. The van der Waals surface area contributed by atoms with Crippen LogP contribution >= 0.6 is 23.4 Å². The van der Waals surface area contributed by atoms with Crippen LogP contribution in [0.4, 0.5) is 0 Å². The highest BCUT2D eigenvalue weighted by Crippen LogP contribution is 2.42. The molecule has 2 aromatic rings. The molecule has 0 bridgehead atoms. The molecule has 34 heavy (non-hydrogen) atoms. The highest BCUT2D eigenvalue weighted by Gasteiger charge is 2.44. The molecule has 2 heterocycles. The third-order valence-corrected chi connectivity index (χ3v) is 6.30. The first-order valence-electron chi connectivity index (χ1n) is 10.3. The minimum absolute atomic E-state index is 0.0683. The van der Waals surface area contributed by atoms with E-state index in [1.807, 2.05) is 6.92 Å². The first kappa shape index (κ1) is 25.2. The molecule has 1 aliphatic rings. The summed E-state index contributed by atoms with van der Waals surface area (Å²) in [5.74, 6) is -3.04. The third kappa shape index (κ3) is 5.73. The first-order valence-corrected chi connectivity index (χ1v) is 11.6. The van der Waals surface area contributed by atoms with Crippen molar-refractivity contribution in [1.82, 2.24) is 10.6 Å². The van der Waals surface area contributed by atoms with E-state index in [2.05, 4.69) is 16.7 Å². The van der Waals surface area contributed by atoms with Crippen LogP contribution in [0.2, 0.25) is 5.02 Å². The molecular weight excluding hydrogens is 482 g/mol. The van der Waals surface area contributed by atoms with Gasteiger partial charge in [0, 0.05) is 5.92 Å². The molecule has 2 atom stereocenters. The van der Waals surface area contributed by atoms with Gasteiger partial charge >= 0.3 is 5.97 Å². The van der Waals surface area contributed by atoms with Gasteiger partial charge in [-0.05, 0) is 36.8 Å². The second-order valence-electron chi connectivity index (χ2n) is 7.09. The van der Waals surface area contributed by atoms with Crippen LogP contribution in [0.5, 0.6) is 5.75 Å². The molecule has 1 aliphatic heterocycles. The Kier molecular flexibility index (Phi) is 8.62. The van der Waals surface area contributed by atoms with Gasteiger partial charge in [-0.2, -0.15) is 5.26 Å². The molecule has 0 saturated carbocycles. The van der Waals surface area contributed by atoms with Crippen LogP contribution in [0, 0.1) is 17.2 Å². The fourth-order valence-corrected chi connectivity index (χ4v) is 4.57. The lowest BCUT2D eigenvalue weighted by Gasteiger charge is -2.31. The Labute approximate surface area is 205 Å². The molecule has 2 N–H and O–H groups in total. The number of carbonyl (C=O) groups is 3. The van der Waals surface area contributed by atoms with E-state index in [-0.39, 0.29) is 33.8 Å². The number of carbonyl (C=O) groups excluding carboxylic acids is 3. The van der Waals surface area contributed by atoms with Crippen LogP contribution < -0.4 is 15.4 Å². The summed E-state index contributed by atoms with van der Waals surface area (Å²) in [7, 11) is 1.17. The smallest absolute Gasteiger partial charge is 0.319 e. The number of nitrogens with zero attached hydrogens (tertiary/aromatic N) is 1. The van der Waals surface area contributed by atoms with Gasteiger partial charge < -0.3 is 24.5 Å². The molecule has 1 aromatic carbocycles. The molecule has 1 aromatic heterocycles. The third-order valence-electron chi connectivity index (χ3n) is 4.99. The molecule has 2 amide bonds. The van der Waals surface area contributed by atoms with E-state index < -0.39 is 23.7 Å². The Balaban J connectivity index is 1.89. The number of amides is 2. The number of hydrogen-bond acceptors (Lipinski definition) is 8. The van der Waals surface area contributed by atoms with Crippen molar-refractivity contribution in [3.63, 3.8) is 0 Å². The lowest BCUT2D eigenvalue weighted by atomic mass is 9.78. The first-order chi connectivity index (χ1) is 16.4. The zero-order valence-electron chi connectivity index (χ0n) is 18.4. The highest BCUT2D eigenvalue weighted by atomic mass is 35.5. The van der Waals surface area contributed by atoms with Gasteiger partial charge in [0.2, 0.25) is 11.8 Å². The molecule has 0 fully saturated rings. The van der Waals surface area contributed by atoms with Crippen LogP contribution in [0.1, 0.15) is 24.2 Å². The zero-order valence-corrected chi connectivity index (χ0v) is 20.0. The molecule has 0 unspecified atom stereocenters. The van der Waals surface area contributed by atoms with E-state index in [1.165, 1.54) is 13.4 Å². The lowest BCUT2D eigenvalue weighted by Crippen LogP contribution is -2.44. The average molecular weight is 504 g/mol. The van der Waals surface area contributed by atoms with Gasteiger partial charge in [-0.25, -0.2) is 0 Å². The number of esters is 1. The summed E-state index contributed by atoms with van der Waals surface area (Å²) < 4.78 is 15.5. The van der Waals surface area contributed by atoms with E-state index in [0.29, 0.717) is 23.7 Å². The molecule has 178 valence electrons. The van der Waals surface area contributed by atoms with Gasteiger partial charge in [-0.15, -0.1) is 0 Å². The van der Waals surface area contributed by atoms with Crippen molar-refractivity contribution in [2.45, 2.75) is 19.4 Å². The number of nitrogens with one attached hydrogen (secondary N) is 2. The second-order valence-corrected chi connectivity index (χ2v) is 8.48.